The molecule has 2 heterocycles. The van der Waals surface area contributed by atoms with Gasteiger partial charge < -0.3 is 10.2 Å². The molecule has 0 unspecified atom stereocenters. The highest BCUT2D eigenvalue weighted by atomic mass is 79.9. The Bertz CT molecular complexity index is 847. The maximum absolute atomic E-state index is 11.5. The predicted octanol–water partition coefficient (Wildman–Crippen LogP) is 3.46. The Labute approximate surface area is 128 Å². The van der Waals surface area contributed by atoms with Gasteiger partial charge in [0.05, 0.1) is 5.52 Å². The number of rotatable bonds is 2. The SMILES string of the molecule is O=C(O)c1c(O)c(-c2ccc(Br)cc2)nc2ccncc12. The fourth-order valence-corrected chi connectivity index (χ4v) is 2.39. The Morgan fingerprint density at radius 2 is 1.86 bits per heavy atom. The number of nitrogens with zero attached hydrogens (tertiary/aromatic N) is 2. The molecule has 1 aromatic carbocycles. The van der Waals surface area contributed by atoms with E-state index in [-0.39, 0.29) is 17.0 Å². The molecule has 21 heavy (non-hydrogen) atoms. The number of aromatic hydroxyl groups is 1. The maximum atomic E-state index is 11.5. The second-order valence-electron chi connectivity index (χ2n) is 4.39. The standard InChI is InChI=1S/C15H9BrN2O3/c16-9-3-1-8(2-4-9)13-14(19)12(15(20)21)10-7-17-6-5-11(10)18-13/h1-7,19H,(H,20,21). The van der Waals surface area contributed by atoms with Crippen molar-refractivity contribution in [2.45, 2.75) is 0 Å². The van der Waals surface area contributed by atoms with Crippen molar-refractivity contribution in [3.05, 3.63) is 52.8 Å². The van der Waals surface area contributed by atoms with Crippen LogP contribution in [0.2, 0.25) is 0 Å². The molecule has 2 N–H and O–H groups in total. The van der Waals surface area contributed by atoms with Crippen molar-refractivity contribution in [2.24, 2.45) is 0 Å². The summed E-state index contributed by atoms with van der Waals surface area (Å²) in [6.07, 6.45) is 2.92. The summed E-state index contributed by atoms with van der Waals surface area (Å²) < 4.78 is 0.884. The molecule has 3 rings (SSSR count). The second-order valence-corrected chi connectivity index (χ2v) is 5.30. The molecule has 0 saturated carbocycles. The number of benzene rings is 1. The van der Waals surface area contributed by atoms with Crippen LogP contribution in [0.1, 0.15) is 10.4 Å². The number of pyridine rings is 2. The molecule has 0 amide bonds. The first-order valence-corrected chi connectivity index (χ1v) is 6.83. The number of carbonyl (C=O) groups is 1. The first kappa shape index (κ1) is 13.5. The molecule has 2 aromatic heterocycles. The van der Waals surface area contributed by atoms with Crippen molar-refractivity contribution >= 4 is 32.8 Å². The minimum atomic E-state index is -1.22. The molecular formula is C15H9BrN2O3. The highest BCUT2D eigenvalue weighted by Gasteiger charge is 2.20. The monoisotopic (exact) mass is 344 g/mol. The largest absolute Gasteiger partial charge is 0.505 e. The van der Waals surface area contributed by atoms with Crippen molar-refractivity contribution < 1.29 is 15.0 Å². The van der Waals surface area contributed by atoms with Crippen molar-refractivity contribution in [3.63, 3.8) is 0 Å². The van der Waals surface area contributed by atoms with E-state index in [1.807, 2.05) is 0 Å². The number of carboxylic acid groups (broad SMARTS) is 1. The third-order valence-electron chi connectivity index (χ3n) is 3.09. The normalized spacial score (nSPS) is 10.7. The lowest BCUT2D eigenvalue weighted by atomic mass is 10.0. The first-order valence-electron chi connectivity index (χ1n) is 6.04. The van der Waals surface area contributed by atoms with Gasteiger partial charge in [-0.2, -0.15) is 0 Å². The summed E-state index contributed by atoms with van der Waals surface area (Å²) in [5, 5.41) is 20.0. The molecule has 0 atom stereocenters. The number of carboxylic acids is 1. The van der Waals surface area contributed by atoms with Crippen LogP contribution in [-0.2, 0) is 0 Å². The quantitative estimate of drug-likeness (QED) is 0.743. The summed E-state index contributed by atoms with van der Waals surface area (Å²) in [5.41, 5.74) is 1.15. The molecule has 0 saturated heterocycles. The highest BCUT2D eigenvalue weighted by Crippen LogP contribution is 2.35. The minimum Gasteiger partial charge on any atom is -0.505 e. The van der Waals surface area contributed by atoms with Gasteiger partial charge in [0.15, 0.2) is 5.75 Å². The molecule has 0 bridgehead atoms. The van der Waals surface area contributed by atoms with Crippen molar-refractivity contribution in [1.29, 1.82) is 0 Å². The lowest BCUT2D eigenvalue weighted by molar-refractivity contribution is 0.0696. The van der Waals surface area contributed by atoms with E-state index < -0.39 is 5.97 Å². The van der Waals surface area contributed by atoms with Crippen LogP contribution in [0.5, 0.6) is 5.75 Å². The summed E-state index contributed by atoms with van der Waals surface area (Å²) >= 11 is 3.33. The zero-order chi connectivity index (χ0) is 15.0. The van der Waals surface area contributed by atoms with Crippen LogP contribution in [0.15, 0.2) is 47.2 Å². The summed E-state index contributed by atoms with van der Waals surface area (Å²) in [6, 6.07) is 8.72. The molecule has 3 aromatic rings. The van der Waals surface area contributed by atoms with Gasteiger partial charge in [0.25, 0.3) is 0 Å². The molecule has 0 aliphatic carbocycles. The van der Waals surface area contributed by atoms with Crippen LogP contribution in [0.3, 0.4) is 0 Å². The topological polar surface area (TPSA) is 83.3 Å². The van der Waals surface area contributed by atoms with Gasteiger partial charge in [-0.05, 0) is 18.2 Å². The maximum Gasteiger partial charge on any atom is 0.340 e. The summed E-state index contributed by atoms with van der Waals surface area (Å²) in [7, 11) is 0. The van der Waals surface area contributed by atoms with Crippen LogP contribution in [0, 0.1) is 0 Å². The molecule has 6 heteroatoms. The predicted molar refractivity (Wildman–Crippen MR) is 81.3 cm³/mol. The molecular weight excluding hydrogens is 336 g/mol. The van der Waals surface area contributed by atoms with Gasteiger partial charge in [-0.1, -0.05) is 28.1 Å². The Morgan fingerprint density at radius 3 is 2.52 bits per heavy atom. The average Bonchev–Trinajstić information content (AvgIpc) is 2.47. The van der Waals surface area contributed by atoms with Crippen LogP contribution in [-0.4, -0.2) is 26.2 Å². The van der Waals surface area contributed by atoms with Gasteiger partial charge >= 0.3 is 5.97 Å². The number of aromatic nitrogens is 2. The molecule has 0 aliphatic heterocycles. The zero-order valence-electron chi connectivity index (χ0n) is 10.6. The zero-order valence-corrected chi connectivity index (χ0v) is 12.2. The van der Waals surface area contributed by atoms with Crippen LogP contribution in [0.25, 0.3) is 22.2 Å². The van der Waals surface area contributed by atoms with E-state index in [0.717, 1.165) is 4.47 Å². The second kappa shape index (κ2) is 5.14. The fourth-order valence-electron chi connectivity index (χ4n) is 2.12. The number of hydrogen-bond donors (Lipinski definition) is 2. The number of halogens is 1. The van der Waals surface area contributed by atoms with E-state index in [1.165, 1.54) is 12.4 Å². The number of hydrogen-bond acceptors (Lipinski definition) is 4. The molecule has 0 aliphatic rings. The summed E-state index contributed by atoms with van der Waals surface area (Å²) in [6.45, 7) is 0. The van der Waals surface area contributed by atoms with Gasteiger partial charge in [-0.25, -0.2) is 9.78 Å². The van der Waals surface area contributed by atoms with E-state index in [2.05, 4.69) is 25.9 Å². The van der Waals surface area contributed by atoms with Crippen molar-refractivity contribution in [2.75, 3.05) is 0 Å². The fraction of sp³-hybridized carbons (Fsp3) is 0. The third-order valence-corrected chi connectivity index (χ3v) is 3.62. The lowest BCUT2D eigenvalue weighted by Gasteiger charge is -2.10. The molecule has 0 radical (unpaired) electrons. The Balaban J connectivity index is 2.36. The van der Waals surface area contributed by atoms with Gasteiger partial charge in [-0.3, -0.25) is 4.98 Å². The Morgan fingerprint density at radius 1 is 1.14 bits per heavy atom. The third kappa shape index (κ3) is 2.34. The first-order chi connectivity index (χ1) is 10.1. The van der Waals surface area contributed by atoms with Gasteiger partial charge in [0, 0.05) is 27.8 Å². The van der Waals surface area contributed by atoms with E-state index in [9.17, 15) is 15.0 Å². The lowest BCUT2D eigenvalue weighted by Crippen LogP contribution is -2.02. The van der Waals surface area contributed by atoms with Gasteiger partial charge in [0.1, 0.15) is 11.3 Å². The molecule has 5 nitrogen and oxygen atoms in total. The molecule has 104 valence electrons. The number of aromatic carboxylic acids is 1. The number of fused-ring (bicyclic) bond motifs is 1. The minimum absolute atomic E-state index is 0.189. The van der Waals surface area contributed by atoms with Crippen LogP contribution < -0.4 is 0 Å². The summed E-state index contributed by atoms with van der Waals surface area (Å²) in [4.78, 5) is 19.7. The van der Waals surface area contributed by atoms with Crippen LogP contribution in [0.4, 0.5) is 0 Å². The van der Waals surface area contributed by atoms with E-state index in [1.54, 1.807) is 30.3 Å². The van der Waals surface area contributed by atoms with E-state index in [0.29, 0.717) is 16.5 Å². The Hall–Kier alpha value is -2.47. The highest BCUT2D eigenvalue weighted by molar-refractivity contribution is 9.10. The van der Waals surface area contributed by atoms with Crippen LogP contribution >= 0.6 is 15.9 Å². The van der Waals surface area contributed by atoms with Crippen molar-refractivity contribution in [3.8, 4) is 17.0 Å². The van der Waals surface area contributed by atoms with E-state index >= 15 is 0 Å². The molecule has 0 fully saturated rings. The molecule has 0 spiro atoms. The average molecular weight is 345 g/mol. The Kier molecular flexibility index (Phi) is 3.31. The smallest absolute Gasteiger partial charge is 0.340 e. The van der Waals surface area contributed by atoms with E-state index in [4.69, 9.17) is 0 Å². The summed E-state index contributed by atoms with van der Waals surface area (Å²) in [5.74, 6) is -1.57. The van der Waals surface area contributed by atoms with Crippen molar-refractivity contribution in [1.82, 2.24) is 9.97 Å². The van der Waals surface area contributed by atoms with Gasteiger partial charge in [0.2, 0.25) is 0 Å². The van der Waals surface area contributed by atoms with Gasteiger partial charge in [-0.15, -0.1) is 0 Å².